The number of sulfone groups is 1. The van der Waals surface area contributed by atoms with Crippen molar-refractivity contribution in [2.75, 3.05) is 24.2 Å². The van der Waals surface area contributed by atoms with Crippen LogP contribution in [0, 0.1) is 5.92 Å². The molecular weight excluding hydrogens is 374 g/mol. The maximum Gasteiger partial charge on any atom is 0.225 e. The molecule has 1 aromatic carbocycles. The first kappa shape index (κ1) is 18.9. The van der Waals surface area contributed by atoms with Gasteiger partial charge in [-0.2, -0.15) is 0 Å². The zero-order chi connectivity index (χ0) is 18.7. The molecule has 8 heteroatoms. The second kappa shape index (κ2) is 7.80. The number of piperidine rings is 1. The van der Waals surface area contributed by atoms with E-state index < -0.39 is 9.84 Å². The molecule has 0 amide bonds. The Kier molecular flexibility index (Phi) is 5.67. The van der Waals surface area contributed by atoms with Crippen LogP contribution in [0.25, 0.3) is 0 Å². The van der Waals surface area contributed by atoms with Crippen molar-refractivity contribution in [3.05, 3.63) is 41.7 Å². The number of halogens is 1. The number of anilines is 1. The van der Waals surface area contributed by atoms with Crippen LogP contribution in [0.2, 0.25) is 5.02 Å². The van der Waals surface area contributed by atoms with E-state index in [1.165, 1.54) is 6.26 Å². The van der Waals surface area contributed by atoms with Crippen LogP contribution in [0.3, 0.4) is 0 Å². The molecule has 1 aliphatic heterocycles. The molecule has 1 unspecified atom stereocenters. The number of hydrogen-bond donors (Lipinski definition) is 0. The quantitative estimate of drug-likeness (QED) is 0.774. The molecule has 0 N–H and O–H groups in total. The van der Waals surface area contributed by atoms with Gasteiger partial charge in [-0.05, 0) is 43.9 Å². The second-order valence-electron chi connectivity index (χ2n) is 6.60. The van der Waals surface area contributed by atoms with Gasteiger partial charge in [0.1, 0.15) is 5.75 Å². The fourth-order valence-electron chi connectivity index (χ4n) is 3.13. The maximum absolute atomic E-state index is 11.7. The van der Waals surface area contributed by atoms with Gasteiger partial charge >= 0.3 is 0 Å². The van der Waals surface area contributed by atoms with Crippen LogP contribution < -0.4 is 9.64 Å². The van der Waals surface area contributed by atoms with Gasteiger partial charge in [-0.15, -0.1) is 0 Å². The number of rotatable bonds is 5. The Balaban J connectivity index is 1.58. The van der Waals surface area contributed by atoms with E-state index in [9.17, 15) is 8.42 Å². The fraction of sp³-hybridized carbons (Fsp3) is 0.444. The molecule has 2 aromatic rings. The van der Waals surface area contributed by atoms with E-state index in [4.69, 9.17) is 16.3 Å². The van der Waals surface area contributed by atoms with Crippen LogP contribution in [0.4, 0.5) is 5.95 Å². The minimum absolute atomic E-state index is 0.00176. The van der Waals surface area contributed by atoms with Crippen molar-refractivity contribution in [1.82, 2.24) is 9.97 Å². The zero-order valence-electron chi connectivity index (χ0n) is 14.8. The molecule has 2 heterocycles. The van der Waals surface area contributed by atoms with Gasteiger partial charge in [0, 0.05) is 19.3 Å². The van der Waals surface area contributed by atoms with Crippen LogP contribution in [0.1, 0.15) is 19.8 Å². The van der Waals surface area contributed by atoms with E-state index in [1.54, 1.807) is 36.7 Å². The number of hydrogen-bond acceptors (Lipinski definition) is 6. The molecule has 6 nitrogen and oxygen atoms in total. The van der Waals surface area contributed by atoms with E-state index in [-0.39, 0.29) is 11.0 Å². The Morgan fingerprint density at radius 1 is 1.23 bits per heavy atom. The molecule has 1 aliphatic rings. The first-order valence-electron chi connectivity index (χ1n) is 8.52. The van der Waals surface area contributed by atoms with Gasteiger partial charge in [-0.25, -0.2) is 18.4 Å². The summed E-state index contributed by atoms with van der Waals surface area (Å²) in [4.78, 5) is 11.0. The van der Waals surface area contributed by atoms with Crippen molar-refractivity contribution in [2.24, 2.45) is 5.92 Å². The highest BCUT2D eigenvalue weighted by Gasteiger charge is 2.26. The van der Waals surface area contributed by atoms with E-state index in [0.717, 1.165) is 25.9 Å². The van der Waals surface area contributed by atoms with E-state index in [0.29, 0.717) is 22.6 Å². The molecule has 3 rings (SSSR count). The molecule has 0 spiro atoms. The molecule has 0 bridgehead atoms. The van der Waals surface area contributed by atoms with Crippen LogP contribution in [0.15, 0.2) is 41.6 Å². The minimum atomic E-state index is -3.24. The molecule has 0 radical (unpaired) electrons. The fourth-order valence-corrected chi connectivity index (χ4v) is 3.88. The summed E-state index contributed by atoms with van der Waals surface area (Å²) in [5.74, 6) is 1.67. The molecule has 1 fully saturated rings. The largest absolute Gasteiger partial charge is 0.490 e. The third-order valence-electron chi connectivity index (χ3n) is 4.65. The number of ether oxygens (including phenoxy) is 1. The first-order chi connectivity index (χ1) is 12.3. The van der Waals surface area contributed by atoms with Crippen LogP contribution in [-0.4, -0.2) is 43.8 Å². The Morgan fingerprint density at radius 2 is 1.88 bits per heavy atom. The molecule has 1 aromatic heterocycles. The molecule has 26 heavy (non-hydrogen) atoms. The SMILES string of the molecule is CC(Oc1cccc(S(C)(=O)=O)c1)C1CCN(c2ncc(Cl)cn2)CC1. The Labute approximate surface area is 159 Å². The minimum Gasteiger partial charge on any atom is -0.490 e. The predicted octanol–water partition coefficient (Wildman–Crippen LogP) is 3.22. The molecule has 140 valence electrons. The number of benzene rings is 1. The Bertz CT molecular complexity index is 850. The lowest BCUT2D eigenvalue weighted by molar-refractivity contribution is 0.132. The lowest BCUT2D eigenvalue weighted by Gasteiger charge is -2.34. The van der Waals surface area contributed by atoms with Crippen LogP contribution in [0.5, 0.6) is 5.75 Å². The Morgan fingerprint density at radius 3 is 2.50 bits per heavy atom. The predicted molar refractivity (Wildman–Crippen MR) is 102 cm³/mol. The summed E-state index contributed by atoms with van der Waals surface area (Å²) in [5.41, 5.74) is 0. The highest BCUT2D eigenvalue weighted by atomic mass is 35.5. The third kappa shape index (κ3) is 4.65. The molecule has 0 aliphatic carbocycles. The molecular formula is C18H22ClN3O3S. The molecule has 1 saturated heterocycles. The number of aromatic nitrogens is 2. The lowest BCUT2D eigenvalue weighted by atomic mass is 9.92. The normalized spacial score (nSPS) is 17.1. The molecule has 0 saturated carbocycles. The lowest BCUT2D eigenvalue weighted by Crippen LogP contribution is -2.39. The van der Waals surface area contributed by atoms with Crippen molar-refractivity contribution in [3.63, 3.8) is 0 Å². The van der Waals surface area contributed by atoms with Crippen LogP contribution >= 0.6 is 11.6 Å². The zero-order valence-corrected chi connectivity index (χ0v) is 16.4. The monoisotopic (exact) mass is 395 g/mol. The van der Waals surface area contributed by atoms with Crippen molar-refractivity contribution < 1.29 is 13.2 Å². The van der Waals surface area contributed by atoms with Gasteiger partial charge in [0.25, 0.3) is 0 Å². The van der Waals surface area contributed by atoms with Crippen molar-refractivity contribution >= 4 is 27.4 Å². The van der Waals surface area contributed by atoms with Crippen molar-refractivity contribution in [3.8, 4) is 5.75 Å². The van der Waals surface area contributed by atoms with Crippen LogP contribution in [-0.2, 0) is 9.84 Å². The van der Waals surface area contributed by atoms with E-state index in [1.807, 2.05) is 6.92 Å². The van der Waals surface area contributed by atoms with Gasteiger partial charge in [0.05, 0.1) is 28.4 Å². The average molecular weight is 396 g/mol. The van der Waals surface area contributed by atoms with E-state index in [2.05, 4.69) is 14.9 Å². The smallest absolute Gasteiger partial charge is 0.225 e. The first-order valence-corrected chi connectivity index (χ1v) is 10.8. The van der Waals surface area contributed by atoms with Gasteiger partial charge in [0.15, 0.2) is 9.84 Å². The van der Waals surface area contributed by atoms with E-state index >= 15 is 0 Å². The van der Waals surface area contributed by atoms with Crippen molar-refractivity contribution in [2.45, 2.75) is 30.8 Å². The summed E-state index contributed by atoms with van der Waals surface area (Å²) in [7, 11) is -3.24. The standard InChI is InChI=1S/C18H22ClN3O3S/c1-13(25-16-4-3-5-17(10-16)26(2,23)24)14-6-8-22(9-7-14)18-20-11-15(19)12-21-18/h3-5,10-14H,6-9H2,1-2H3. The molecule has 1 atom stereocenters. The summed E-state index contributed by atoms with van der Waals surface area (Å²) in [6.45, 7) is 3.74. The van der Waals surface area contributed by atoms with Gasteiger partial charge in [0.2, 0.25) is 5.95 Å². The average Bonchev–Trinajstić information content (AvgIpc) is 2.62. The Hall–Kier alpha value is -1.86. The highest BCUT2D eigenvalue weighted by molar-refractivity contribution is 7.90. The highest BCUT2D eigenvalue weighted by Crippen LogP contribution is 2.27. The summed E-state index contributed by atoms with van der Waals surface area (Å²) < 4.78 is 29.4. The third-order valence-corrected chi connectivity index (χ3v) is 5.95. The summed E-state index contributed by atoms with van der Waals surface area (Å²) in [6.07, 6.45) is 6.33. The van der Waals surface area contributed by atoms with Gasteiger partial charge in [-0.3, -0.25) is 0 Å². The number of nitrogens with zero attached hydrogens (tertiary/aromatic N) is 3. The summed E-state index contributed by atoms with van der Waals surface area (Å²) >= 11 is 5.83. The van der Waals surface area contributed by atoms with Crippen molar-refractivity contribution in [1.29, 1.82) is 0 Å². The second-order valence-corrected chi connectivity index (χ2v) is 9.05. The summed E-state index contributed by atoms with van der Waals surface area (Å²) in [6, 6.07) is 6.67. The maximum atomic E-state index is 11.7. The summed E-state index contributed by atoms with van der Waals surface area (Å²) in [5, 5.41) is 0.530. The van der Waals surface area contributed by atoms with Gasteiger partial charge in [-0.1, -0.05) is 17.7 Å². The van der Waals surface area contributed by atoms with Gasteiger partial charge < -0.3 is 9.64 Å². The topological polar surface area (TPSA) is 72.4 Å².